The molecule has 0 unspecified atom stereocenters. The number of rotatable bonds is 14. The lowest BCUT2D eigenvalue weighted by molar-refractivity contribution is -0.134. The Balaban J connectivity index is 0.000000397. The molecule has 2 aromatic carbocycles. The Morgan fingerprint density at radius 3 is 2.02 bits per heavy atom. The van der Waals surface area contributed by atoms with Gasteiger partial charge in [-0.1, -0.05) is 30.7 Å². The highest BCUT2D eigenvalue weighted by molar-refractivity contribution is 5.90. The Morgan fingerprint density at radius 1 is 0.809 bits per heavy atom. The quantitative estimate of drug-likeness (QED) is 0.116. The second-order valence-corrected chi connectivity index (χ2v) is 10.1. The maximum Gasteiger partial charge on any atom is 0.328 e. The van der Waals surface area contributed by atoms with Gasteiger partial charge in [0.2, 0.25) is 0 Å². The number of carboxylic acids is 4. The number of benzene rings is 2. The van der Waals surface area contributed by atoms with E-state index in [-0.39, 0.29) is 0 Å². The molecule has 0 spiro atoms. The summed E-state index contributed by atoms with van der Waals surface area (Å²) in [7, 11) is 0. The minimum absolute atomic E-state index is 0.558. The summed E-state index contributed by atoms with van der Waals surface area (Å²) in [6, 6.07) is 18.6. The highest BCUT2D eigenvalue weighted by Gasteiger charge is 2.11. The largest absolute Gasteiger partial charge is 0.494 e. The van der Waals surface area contributed by atoms with Crippen LogP contribution in [-0.4, -0.2) is 87.0 Å². The summed E-state index contributed by atoms with van der Waals surface area (Å²) in [6.45, 7) is 7.55. The molecule has 1 aliphatic heterocycles. The van der Waals surface area contributed by atoms with Gasteiger partial charge in [0.25, 0.3) is 0 Å². The second-order valence-electron chi connectivity index (χ2n) is 10.1. The SMILES string of the molecule is CCOc1cc(NCCCOc2cccc(CN3CCCCC3)c2)nc2ccccc12.O=C(O)/C=C\C(=O)O.O=C(O)/C=C\C(=O)O. The van der Waals surface area contributed by atoms with Crippen molar-refractivity contribution in [1.82, 2.24) is 9.88 Å². The van der Waals surface area contributed by atoms with E-state index in [1.165, 1.54) is 37.9 Å². The molecule has 1 fully saturated rings. The van der Waals surface area contributed by atoms with Crippen molar-refractivity contribution in [3.05, 3.63) is 84.5 Å². The van der Waals surface area contributed by atoms with Gasteiger partial charge in [-0.25, -0.2) is 24.2 Å². The molecule has 0 saturated carbocycles. The number of nitrogens with zero attached hydrogens (tertiary/aromatic N) is 2. The molecule has 1 saturated heterocycles. The van der Waals surface area contributed by atoms with E-state index in [2.05, 4.69) is 28.4 Å². The minimum atomic E-state index is -1.26. The molecular formula is C34H41N3O10. The maximum atomic E-state index is 9.55. The summed E-state index contributed by atoms with van der Waals surface area (Å²) in [6.07, 6.45) is 7.14. The number of hydrogen-bond acceptors (Lipinski definition) is 9. The van der Waals surface area contributed by atoms with Crippen molar-refractivity contribution in [1.29, 1.82) is 0 Å². The number of aromatic nitrogens is 1. The topological polar surface area (TPSA) is 196 Å². The Kier molecular flexibility index (Phi) is 17.1. The van der Waals surface area contributed by atoms with Crippen molar-refractivity contribution in [3.8, 4) is 11.5 Å². The van der Waals surface area contributed by atoms with Crippen LogP contribution in [-0.2, 0) is 25.7 Å². The number of hydrogen-bond donors (Lipinski definition) is 5. The maximum absolute atomic E-state index is 9.55. The van der Waals surface area contributed by atoms with Crippen molar-refractivity contribution in [2.75, 3.05) is 38.2 Å². The number of likely N-dealkylation sites (tertiary alicyclic amines) is 1. The molecule has 0 atom stereocenters. The van der Waals surface area contributed by atoms with E-state index in [0.717, 1.165) is 47.7 Å². The first-order chi connectivity index (χ1) is 22.6. The lowest BCUT2D eigenvalue weighted by Gasteiger charge is -2.26. The van der Waals surface area contributed by atoms with Crippen LogP contribution in [0.5, 0.6) is 11.5 Å². The number of piperidine rings is 1. The van der Waals surface area contributed by atoms with Crippen LogP contribution in [0.15, 0.2) is 78.9 Å². The number of aliphatic carboxylic acids is 4. The van der Waals surface area contributed by atoms with E-state index in [9.17, 15) is 19.2 Å². The third-order valence-electron chi connectivity index (χ3n) is 6.36. The van der Waals surface area contributed by atoms with E-state index in [1.54, 1.807) is 0 Å². The fraction of sp³-hybridized carbons (Fsp3) is 0.324. The summed E-state index contributed by atoms with van der Waals surface area (Å²) >= 11 is 0. The van der Waals surface area contributed by atoms with Crippen molar-refractivity contribution in [3.63, 3.8) is 0 Å². The summed E-state index contributed by atoms with van der Waals surface area (Å²) in [4.78, 5) is 45.5. The van der Waals surface area contributed by atoms with Gasteiger partial charge in [-0.05, 0) is 69.1 Å². The third kappa shape index (κ3) is 16.5. The standard InChI is InChI=1S/C26H33N3O2.2C4H4O4/c1-2-30-25-19-26(28-24-13-5-4-12-23(24)25)27-14-9-17-31-22-11-8-10-21(18-22)20-29-15-6-3-7-16-29;2*5-3(6)1-2-4(7)8/h4-5,8,10-13,18-19H,2-3,6-7,9,14-17,20H2,1H3,(H,27,28);2*1-2H,(H,5,6)(H,7,8)/b;2*2-1-. The zero-order valence-electron chi connectivity index (χ0n) is 26.2. The van der Waals surface area contributed by atoms with Crippen LogP contribution < -0.4 is 14.8 Å². The van der Waals surface area contributed by atoms with Gasteiger partial charge in [-0.15, -0.1) is 0 Å². The first kappa shape index (κ1) is 37.8. The van der Waals surface area contributed by atoms with Crippen LogP contribution in [0.1, 0.15) is 38.2 Å². The van der Waals surface area contributed by atoms with Crippen LogP contribution in [0.2, 0.25) is 0 Å². The minimum Gasteiger partial charge on any atom is -0.494 e. The van der Waals surface area contributed by atoms with Gasteiger partial charge in [-0.2, -0.15) is 0 Å². The van der Waals surface area contributed by atoms with E-state index < -0.39 is 23.9 Å². The molecule has 3 aromatic rings. The number of ether oxygens (including phenoxy) is 2. The number of fused-ring (bicyclic) bond motifs is 1. The zero-order chi connectivity index (χ0) is 34.4. The molecule has 13 nitrogen and oxygen atoms in total. The Bertz CT molecular complexity index is 1450. The van der Waals surface area contributed by atoms with E-state index in [1.807, 2.05) is 43.3 Å². The highest BCUT2D eigenvalue weighted by atomic mass is 16.5. The van der Waals surface area contributed by atoms with Crippen LogP contribution in [0.4, 0.5) is 5.82 Å². The Labute approximate surface area is 272 Å². The summed E-state index contributed by atoms with van der Waals surface area (Å²) in [5.41, 5.74) is 2.28. The van der Waals surface area contributed by atoms with Gasteiger partial charge in [0.15, 0.2) is 0 Å². The van der Waals surface area contributed by atoms with Crippen LogP contribution in [0.3, 0.4) is 0 Å². The molecule has 252 valence electrons. The summed E-state index contributed by atoms with van der Waals surface area (Å²) in [5, 5.41) is 35.7. The van der Waals surface area contributed by atoms with Crippen LogP contribution >= 0.6 is 0 Å². The Hall–Kier alpha value is -5.43. The molecule has 47 heavy (non-hydrogen) atoms. The van der Waals surface area contributed by atoms with Crippen molar-refractivity contribution >= 4 is 40.6 Å². The van der Waals surface area contributed by atoms with E-state index in [0.29, 0.717) is 37.5 Å². The molecule has 13 heteroatoms. The van der Waals surface area contributed by atoms with E-state index in [4.69, 9.17) is 34.9 Å². The van der Waals surface area contributed by atoms with Gasteiger partial charge in [0.05, 0.1) is 18.7 Å². The first-order valence-corrected chi connectivity index (χ1v) is 15.1. The zero-order valence-corrected chi connectivity index (χ0v) is 26.2. The lowest BCUT2D eigenvalue weighted by Crippen LogP contribution is -2.29. The molecular weight excluding hydrogens is 610 g/mol. The average Bonchev–Trinajstić information content (AvgIpc) is 3.04. The molecule has 2 heterocycles. The molecule has 0 aliphatic carbocycles. The number of carboxylic acid groups (broad SMARTS) is 4. The fourth-order valence-corrected chi connectivity index (χ4v) is 4.38. The summed E-state index contributed by atoms with van der Waals surface area (Å²) in [5.74, 6) is -2.36. The smallest absolute Gasteiger partial charge is 0.328 e. The molecule has 1 aliphatic rings. The molecule has 0 amide bonds. The Morgan fingerprint density at radius 2 is 1.43 bits per heavy atom. The number of carbonyl (C=O) groups is 4. The number of nitrogens with one attached hydrogen (secondary N) is 1. The molecule has 0 radical (unpaired) electrons. The van der Waals surface area contributed by atoms with Crippen molar-refractivity contribution in [2.45, 2.75) is 39.2 Å². The number of anilines is 1. The van der Waals surface area contributed by atoms with Gasteiger partial charge in [0, 0.05) is 48.8 Å². The number of pyridine rings is 1. The molecule has 5 N–H and O–H groups in total. The van der Waals surface area contributed by atoms with Gasteiger partial charge < -0.3 is 35.2 Å². The summed E-state index contributed by atoms with van der Waals surface area (Å²) < 4.78 is 11.8. The predicted molar refractivity (Wildman–Crippen MR) is 176 cm³/mol. The van der Waals surface area contributed by atoms with Crippen LogP contribution in [0, 0.1) is 0 Å². The molecule has 0 bridgehead atoms. The fourth-order valence-electron chi connectivity index (χ4n) is 4.38. The second kappa shape index (κ2) is 21.3. The van der Waals surface area contributed by atoms with Crippen molar-refractivity contribution < 1.29 is 49.1 Å². The van der Waals surface area contributed by atoms with E-state index >= 15 is 0 Å². The molecule has 1 aromatic heterocycles. The first-order valence-electron chi connectivity index (χ1n) is 15.1. The van der Waals surface area contributed by atoms with Gasteiger partial charge >= 0.3 is 23.9 Å². The lowest BCUT2D eigenvalue weighted by atomic mass is 10.1. The average molecular weight is 652 g/mol. The predicted octanol–water partition coefficient (Wildman–Crippen LogP) is 4.92. The normalized spacial score (nSPS) is 12.8. The van der Waals surface area contributed by atoms with Gasteiger partial charge in [0.1, 0.15) is 17.3 Å². The monoisotopic (exact) mass is 651 g/mol. The third-order valence-corrected chi connectivity index (χ3v) is 6.36. The highest BCUT2D eigenvalue weighted by Crippen LogP contribution is 2.27. The molecule has 4 rings (SSSR count). The van der Waals surface area contributed by atoms with Crippen LogP contribution in [0.25, 0.3) is 10.9 Å². The number of para-hydroxylation sites is 1. The van der Waals surface area contributed by atoms with Gasteiger partial charge in [-0.3, -0.25) is 4.90 Å². The van der Waals surface area contributed by atoms with Crippen molar-refractivity contribution in [2.24, 2.45) is 0 Å².